The smallest absolute Gasteiger partial charge is 0.240 e. The maximum atomic E-state index is 12.8. The summed E-state index contributed by atoms with van der Waals surface area (Å²) in [5, 5.41) is 0.0638. The number of nitrogens with zero attached hydrogens (tertiary/aromatic N) is 1. The molecule has 0 radical (unpaired) electrons. The summed E-state index contributed by atoms with van der Waals surface area (Å²) < 4.78 is 38.4. The highest BCUT2D eigenvalue weighted by Crippen LogP contribution is 2.32. The Balaban J connectivity index is 2.40. The van der Waals surface area contributed by atoms with Gasteiger partial charge in [0.2, 0.25) is 0 Å². The highest BCUT2D eigenvalue weighted by atomic mass is 35.5. The molecule has 0 N–H and O–H groups in total. The van der Waals surface area contributed by atoms with E-state index in [4.69, 9.17) is 11.6 Å². The van der Waals surface area contributed by atoms with Gasteiger partial charge in [0, 0.05) is 6.42 Å². The van der Waals surface area contributed by atoms with E-state index in [2.05, 4.69) is 4.98 Å². The van der Waals surface area contributed by atoms with Gasteiger partial charge in [-0.05, 0) is 17.7 Å². The van der Waals surface area contributed by atoms with Crippen LogP contribution in [-0.4, -0.2) is 4.98 Å². The van der Waals surface area contributed by atoms with Gasteiger partial charge < -0.3 is 0 Å². The number of alkyl halides is 3. The fraction of sp³-hybridized carbons (Fsp3) is 0.154. The molecule has 0 aliphatic carbocycles. The van der Waals surface area contributed by atoms with Crippen molar-refractivity contribution in [3.8, 4) is 0 Å². The molecule has 0 spiro atoms. The van der Waals surface area contributed by atoms with E-state index in [0.717, 1.165) is 17.7 Å². The molecular formula is C13H9ClF3N. The number of rotatable bonds is 2. The predicted molar refractivity (Wildman–Crippen MR) is 63.5 cm³/mol. The van der Waals surface area contributed by atoms with Crippen LogP contribution in [0.3, 0.4) is 0 Å². The first-order chi connectivity index (χ1) is 8.47. The molecule has 2 rings (SSSR count). The van der Waals surface area contributed by atoms with Crippen molar-refractivity contribution in [2.45, 2.75) is 12.6 Å². The Labute approximate surface area is 107 Å². The average Bonchev–Trinajstić information content (AvgIpc) is 2.28. The van der Waals surface area contributed by atoms with Crippen LogP contribution in [0.5, 0.6) is 0 Å². The number of hydrogen-bond acceptors (Lipinski definition) is 1. The molecule has 1 heterocycles. The molecule has 0 aliphatic heterocycles. The molecular weight excluding hydrogens is 263 g/mol. The number of aromatic nitrogens is 1. The molecule has 1 aromatic carbocycles. The van der Waals surface area contributed by atoms with Crippen LogP contribution in [0.25, 0.3) is 0 Å². The van der Waals surface area contributed by atoms with Gasteiger partial charge in [-0.1, -0.05) is 41.9 Å². The topological polar surface area (TPSA) is 12.9 Å². The second-order valence-electron chi connectivity index (χ2n) is 3.79. The highest BCUT2D eigenvalue weighted by Gasteiger charge is 2.34. The molecule has 94 valence electrons. The molecule has 0 amide bonds. The van der Waals surface area contributed by atoms with Gasteiger partial charge in [0.1, 0.15) is 5.15 Å². The van der Waals surface area contributed by atoms with Gasteiger partial charge in [-0.2, -0.15) is 13.2 Å². The van der Waals surface area contributed by atoms with Crippen LogP contribution >= 0.6 is 11.6 Å². The van der Waals surface area contributed by atoms with E-state index < -0.39 is 11.7 Å². The zero-order valence-electron chi connectivity index (χ0n) is 9.21. The minimum absolute atomic E-state index is 0.0544. The lowest BCUT2D eigenvalue weighted by atomic mass is 10.1. The Morgan fingerprint density at radius 2 is 1.67 bits per heavy atom. The number of halogens is 4. The first-order valence-electron chi connectivity index (χ1n) is 5.23. The van der Waals surface area contributed by atoms with Crippen LogP contribution in [0.2, 0.25) is 5.15 Å². The van der Waals surface area contributed by atoms with E-state index in [1.807, 2.05) is 0 Å². The van der Waals surface area contributed by atoms with E-state index in [1.165, 1.54) is 0 Å². The van der Waals surface area contributed by atoms with Crippen LogP contribution in [0.15, 0.2) is 42.5 Å². The van der Waals surface area contributed by atoms with Crippen LogP contribution in [0, 0.1) is 0 Å². The maximum absolute atomic E-state index is 12.8. The normalized spacial score (nSPS) is 11.6. The zero-order valence-corrected chi connectivity index (χ0v) is 9.96. The van der Waals surface area contributed by atoms with Gasteiger partial charge in [-0.3, -0.25) is 0 Å². The molecule has 5 heteroatoms. The number of pyridine rings is 1. The lowest BCUT2D eigenvalue weighted by Crippen LogP contribution is -2.11. The fourth-order valence-corrected chi connectivity index (χ4v) is 1.82. The van der Waals surface area contributed by atoms with Gasteiger partial charge in [0.25, 0.3) is 0 Å². The van der Waals surface area contributed by atoms with Gasteiger partial charge in [-0.15, -0.1) is 0 Å². The summed E-state index contributed by atoms with van der Waals surface area (Å²) in [6, 6.07) is 11.0. The lowest BCUT2D eigenvalue weighted by Gasteiger charge is -2.12. The minimum atomic E-state index is -4.41. The van der Waals surface area contributed by atoms with Gasteiger partial charge >= 0.3 is 6.18 Å². The predicted octanol–water partition coefficient (Wildman–Crippen LogP) is 4.34. The van der Waals surface area contributed by atoms with Crippen molar-refractivity contribution in [1.29, 1.82) is 0 Å². The van der Waals surface area contributed by atoms with Crippen LogP contribution < -0.4 is 0 Å². The Hall–Kier alpha value is -1.55. The van der Waals surface area contributed by atoms with E-state index in [9.17, 15) is 13.2 Å². The highest BCUT2D eigenvalue weighted by molar-refractivity contribution is 6.29. The van der Waals surface area contributed by atoms with Crippen LogP contribution in [0.1, 0.15) is 16.8 Å². The van der Waals surface area contributed by atoms with Crippen molar-refractivity contribution in [1.82, 2.24) is 4.98 Å². The van der Waals surface area contributed by atoms with Crippen molar-refractivity contribution < 1.29 is 13.2 Å². The summed E-state index contributed by atoms with van der Waals surface area (Å²) in [6.07, 6.45) is -4.31. The zero-order chi connectivity index (χ0) is 13.2. The molecule has 1 aromatic heterocycles. The van der Waals surface area contributed by atoms with Crippen molar-refractivity contribution in [2.75, 3.05) is 0 Å². The van der Waals surface area contributed by atoms with Gasteiger partial charge in [-0.25, -0.2) is 4.98 Å². The number of benzene rings is 1. The van der Waals surface area contributed by atoms with Crippen molar-refractivity contribution in [3.05, 3.63) is 64.4 Å². The van der Waals surface area contributed by atoms with Gasteiger partial charge in [0.05, 0.1) is 11.3 Å². The quantitative estimate of drug-likeness (QED) is 0.740. The molecule has 2 aromatic rings. The summed E-state index contributed by atoms with van der Waals surface area (Å²) in [5.74, 6) is 0. The summed E-state index contributed by atoms with van der Waals surface area (Å²) in [5.41, 5.74) is -0.0327. The average molecular weight is 272 g/mol. The van der Waals surface area contributed by atoms with Crippen LogP contribution in [-0.2, 0) is 12.6 Å². The Morgan fingerprint density at radius 1 is 1.00 bits per heavy atom. The second kappa shape index (κ2) is 4.98. The molecule has 0 bridgehead atoms. The largest absolute Gasteiger partial charge is 0.418 e. The lowest BCUT2D eigenvalue weighted by molar-refractivity contribution is -0.138. The first-order valence-corrected chi connectivity index (χ1v) is 5.61. The minimum Gasteiger partial charge on any atom is -0.240 e. The molecule has 1 nitrogen and oxygen atoms in total. The Morgan fingerprint density at radius 3 is 2.28 bits per heavy atom. The van der Waals surface area contributed by atoms with E-state index in [1.54, 1.807) is 30.3 Å². The maximum Gasteiger partial charge on any atom is 0.418 e. The van der Waals surface area contributed by atoms with E-state index >= 15 is 0 Å². The third kappa shape index (κ3) is 3.01. The van der Waals surface area contributed by atoms with E-state index in [-0.39, 0.29) is 17.3 Å². The van der Waals surface area contributed by atoms with E-state index in [0.29, 0.717) is 0 Å². The molecule has 0 aliphatic rings. The van der Waals surface area contributed by atoms with Crippen molar-refractivity contribution >= 4 is 11.6 Å². The second-order valence-corrected chi connectivity index (χ2v) is 4.18. The fourth-order valence-electron chi connectivity index (χ4n) is 1.66. The summed E-state index contributed by atoms with van der Waals surface area (Å²) >= 11 is 5.65. The number of hydrogen-bond donors (Lipinski definition) is 0. The third-order valence-electron chi connectivity index (χ3n) is 2.46. The summed E-state index contributed by atoms with van der Waals surface area (Å²) in [4.78, 5) is 3.78. The first kappa shape index (κ1) is 12.9. The molecule has 0 atom stereocenters. The SMILES string of the molecule is FC(F)(F)c1ccc(Cl)nc1Cc1ccccc1. The van der Waals surface area contributed by atoms with Crippen LogP contribution in [0.4, 0.5) is 13.2 Å². The van der Waals surface area contributed by atoms with Crippen molar-refractivity contribution in [2.24, 2.45) is 0 Å². The molecule has 0 saturated heterocycles. The van der Waals surface area contributed by atoms with Gasteiger partial charge in [0.15, 0.2) is 0 Å². The standard InChI is InChI=1S/C13H9ClF3N/c14-12-7-6-10(13(15,16)17)11(18-12)8-9-4-2-1-3-5-9/h1-7H,8H2. The third-order valence-corrected chi connectivity index (χ3v) is 2.67. The Kier molecular flexibility index (Phi) is 3.57. The molecule has 0 fully saturated rings. The van der Waals surface area contributed by atoms with Crippen molar-refractivity contribution in [3.63, 3.8) is 0 Å². The summed E-state index contributed by atoms with van der Waals surface area (Å²) in [7, 11) is 0. The molecule has 18 heavy (non-hydrogen) atoms. The summed E-state index contributed by atoms with van der Waals surface area (Å²) in [6.45, 7) is 0. The molecule has 0 unspecified atom stereocenters. The molecule has 0 saturated carbocycles. The Bertz CT molecular complexity index is 538. The monoisotopic (exact) mass is 271 g/mol.